The normalized spacial score (nSPS) is 5.54. The Morgan fingerprint density at radius 1 is 1.54 bits per heavy atom. The standard InChI is InChI=1S/C3H5N2O2P.CO2.CH4O/c1-2(6)3(5-4)7-8;2-1-3;1-2/h8H2,1H3;;2H,1H3. The van der Waals surface area contributed by atoms with Crippen LogP contribution in [0.15, 0.2) is 0 Å². The Labute approximate surface area is 76.6 Å². The first-order valence-electron chi connectivity index (χ1n) is 2.67. The second-order valence-electron chi connectivity index (χ2n) is 1.16. The van der Waals surface area contributed by atoms with E-state index in [0.29, 0.717) is 0 Å². The molecule has 0 radical (unpaired) electrons. The molecular formula is C5H9N2O5P. The summed E-state index contributed by atoms with van der Waals surface area (Å²) in [6.45, 7) is 1.24. The van der Waals surface area contributed by atoms with Crippen LogP contribution in [-0.4, -0.2) is 34.8 Å². The van der Waals surface area contributed by atoms with Gasteiger partial charge in [-0.25, -0.2) is 0 Å². The summed E-state index contributed by atoms with van der Waals surface area (Å²) in [4.78, 5) is 29.0. The van der Waals surface area contributed by atoms with Gasteiger partial charge in [0, 0.05) is 14.0 Å². The number of aliphatic hydroxyl groups excluding tert-OH is 1. The van der Waals surface area contributed by atoms with E-state index in [0.717, 1.165) is 7.11 Å². The fraction of sp³-hybridized carbons (Fsp3) is 0.400. The fourth-order valence-electron chi connectivity index (χ4n) is 0.177. The van der Waals surface area contributed by atoms with Gasteiger partial charge in [0.2, 0.25) is 0 Å². The molecule has 0 bridgehead atoms. The van der Waals surface area contributed by atoms with Crippen LogP contribution in [0.5, 0.6) is 0 Å². The summed E-state index contributed by atoms with van der Waals surface area (Å²) in [6, 6.07) is 0. The second kappa shape index (κ2) is 16.9. The zero-order chi connectivity index (χ0) is 11.3. The molecule has 0 aromatic rings. The van der Waals surface area contributed by atoms with Gasteiger partial charge in [0.25, 0.3) is 5.78 Å². The Kier molecular flexibility index (Phi) is 23.0. The van der Waals surface area contributed by atoms with Crippen LogP contribution in [0, 0.1) is 0 Å². The van der Waals surface area contributed by atoms with Crippen molar-refractivity contribution < 1.29 is 28.8 Å². The number of Topliss-reactive ketones (excluding diaryl/α,β-unsaturated/α-hetero) is 1. The molecule has 0 aliphatic carbocycles. The molecular weight excluding hydrogens is 199 g/mol. The lowest BCUT2D eigenvalue weighted by molar-refractivity contribution is -0.191. The highest BCUT2D eigenvalue weighted by molar-refractivity contribution is 7.11. The van der Waals surface area contributed by atoms with Crippen molar-refractivity contribution in [2.24, 2.45) is 0 Å². The Morgan fingerprint density at radius 3 is 1.85 bits per heavy atom. The predicted molar refractivity (Wildman–Crippen MR) is 43.3 cm³/mol. The lowest BCUT2D eigenvalue weighted by Crippen LogP contribution is -2.09. The van der Waals surface area contributed by atoms with E-state index < -0.39 is 5.78 Å². The van der Waals surface area contributed by atoms with Gasteiger partial charge in [-0.3, -0.25) is 4.79 Å². The van der Waals surface area contributed by atoms with E-state index >= 15 is 0 Å². The summed E-state index contributed by atoms with van der Waals surface area (Å²) in [5.74, 6) is -0.725. The summed E-state index contributed by atoms with van der Waals surface area (Å²) >= 11 is 0. The first kappa shape index (κ1) is 17.6. The Morgan fingerprint density at radius 2 is 1.85 bits per heavy atom. The zero-order valence-electron chi connectivity index (χ0n) is 7.05. The van der Waals surface area contributed by atoms with Gasteiger partial charge in [-0.2, -0.15) is 9.59 Å². The number of carbonyl (C=O) groups is 1. The summed E-state index contributed by atoms with van der Waals surface area (Å²) in [5.41, 5.74) is 7.93. The number of carbonyl (C=O) groups excluding carboxylic acids is 3. The zero-order valence-corrected chi connectivity index (χ0v) is 8.21. The SMILES string of the molecule is CC(=O)C(=[N+]=[N-])OP.CO.O=C=O. The van der Waals surface area contributed by atoms with E-state index in [1.165, 1.54) is 6.92 Å². The van der Waals surface area contributed by atoms with E-state index in [2.05, 4.69) is 9.31 Å². The number of hydrogen-bond acceptors (Lipinski definition) is 5. The Balaban J connectivity index is -0.000000169. The van der Waals surface area contributed by atoms with Crippen LogP contribution < -0.4 is 0 Å². The molecule has 0 aromatic heterocycles. The number of hydrogen-bond donors (Lipinski definition) is 1. The molecule has 0 spiro atoms. The maximum Gasteiger partial charge on any atom is 0.520 e. The molecule has 8 heteroatoms. The molecule has 1 atom stereocenters. The van der Waals surface area contributed by atoms with Gasteiger partial charge in [0.05, 0.1) is 9.47 Å². The average Bonchev–Trinajstić information content (AvgIpc) is 2.11. The quantitative estimate of drug-likeness (QED) is 0.196. The minimum Gasteiger partial charge on any atom is -0.416 e. The maximum atomic E-state index is 10.2. The van der Waals surface area contributed by atoms with E-state index in [4.69, 9.17) is 20.2 Å². The number of rotatable bonds is 1. The Hall–Kier alpha value is -1.38. The summed E-state index contributed by atoms with van der Waals surface area (Å²) in [7, 11) is 2.80. The van der Waals surface area contributed by atoms with Crippen molar-refractivity contribution in [1.29, 1.82) is 0 Å². The van der Waals surface area contributed by atoms with Gasteiger partial charge in [0.1, 0.15) is 0 Å². The minimum atomic E-state index is -0.414. The van der Waals surface area contributed by atoms with Crippen molar-refractivity contribution in [1.82, 2.24) is 0 Å². The summed E-state index contributed by atoms with van der Waals surface area (Å²) < 4.78 is 4.23. The van der Waals surface area contributed by atoms with Crippen LogP contribution >= 0.6 is 9.47 Å². The van der Waals surface area contributed by atoms with Gasteiger partial charge in [-0.1, -0.05) is 0 Å². The monoisotopic (exact) mass is 208 g/mol. The van der Waals surface area contributed by atoms with Crippen LogP contribution in [0.3, 0.4) is 0 Å². The molecule has 1 unspecified atom stereocenters. The predicted octanol–water partition coefficient (Wildman–Crippen LogP) is -0.965. The van der Waals surface area contributed by atoms with E-state index in [1.807, 2.05) is 0 Å². The van der Waals surface area contributed by atoms with Crippen LogP contribution in [0.2, 0.25) is 0 Å². The molecule has 0 heterocycles. The smallest absolute Gasteiger partial charge is 0.416 e. The van der Waals surface area contributed by atoms with Gasteiger partial charge in [0.15, 0.2) is 0 Å². The largest absolute Gasteiger partial charge is 0.520 e. The third kappa shape index (κ3) is 18.0. The van der Waals surface area contributed by atoms with Crippen molar-refractivity contribution in [3.05, 3.63) is 5.53 Å². The third-order valence-corrected chi connectivity index (χ3v) is 0.727. The van der Waals surface area contributed by atoms with Crippen LogP contribution in [0.4, 0.5) is 0 Å². The highest BCUT2D eigenvalue weighted by Gasteiger charge is 2.12. The van der Waals surface area contributed by atoms with Crippen LogP contribution in [-0.2, 0) is 18.9 Å². The molecule has 13 heavy (non-hydrogen) atoms. The molecule has 74 valence electrons. The van der Waals surface area contributed by atoms with Crippen molar-refractivity contribution >= 4 is 27.3 Å². The highest BCUT2D eigenvalue weighted by atomic mass is 31.0. The van der Waals surface area contributed by atoms with E-state index in [1.54, 1.807) is 9.47 Å². The van der Waals surface area contributed by atoms with E-state index in [9.17, 15) is 4.79 Å². The minimum absolute atomic E-state index is 0.250. The molecule has 0 rings (SSSR count). The van der Waals surface area contributed by atoms with E-state index in [-0.39, 0.29) is 12.0 Å². The molecule has 0 aromatic carbocycles. The number of nitrogens with zero attached hydrogens (tertiary/aromatic N) is 2. The molecule has 0 saturated heterocycles. The van der Waals surface area contributed by atoms with Gasteiger partial charge < -0.3 is 15.2 Å². The first-order valence-corrected chi connectivity index (χ1v) is 3.14. The molecule has 7 nitrogen and oxygen atoms in total. The van der Waals surface area contributed by atoms with Crippen molar-refractivity contribution in [3.8, 4) is 0 Å². The molecule has 0 aliphatic rings. The maximum absolute atomic E-state index is 10.2. The van der Waals surface area contributed by atoms with Crippen molar-refractivity contribution in [2.45, 2.75) is 6.92 Å². The van der Waals surface area contributed by atoms with Crippen molar-refractivity contribution in [2.75, 3.05) is 7.11 Å². The molecule has 1 N–H and O–H groups in total. The summed E-state index contributed by atoms with van der Waals surface area (Å²) in [6.07, 6.45) is 0.250. The highest BCUT2D eigenvalue weighted by Crippen LogP contribution is 1.86. The van der Waals surface area contributed by atoms with Gasteiger partial charge in [-0.05, 0) is 0 Å². The van der Waals surface area contributed by atoms with Crippen LogP contribution in [0.25, 0.3) is 5.53 Å². The summed E-state index contributed by atoms with van der Waals surface area (Å²) in [5, 5.41) is 7.00. The lowest BCUT2D eigenvalue weighted by atomic mass is 10.5. The fourth-order valence-corrected chi connectivity index (χ4v) is 0.390. The lowest BCUT2D eigenvalue weighted by Gasteiger charge is -1.82. The molecule has 0 saturated carbocycles. The number of aliphatic hydroxyl groups is 1. The first-order chi connectivity index (χ1) is 6.13. The molecule has 0 fully saturated rings. The average molecular weight is 208 g/mol. The third-order valence-electron chi connectivity index (χ3n) is 0.504. The van der Waals surface area contributed by atoms with Crippen molar-refractivity contribution in [3.63, 3.8) is 0 Å². The Bertz CT molecular complexity index is 217. The van der Waals surface area contributed by atoms with Gasteiger partial charge in [-0.15, -0.1) is 4.79 Å². The van der Waals surface area contributed by atoms with Crippen LogP contribution in [0.1, 0.15) is 6.92 Å². The number of ketones is 1. The molecule has 0 aliphatic heterocycles. The second-order valence-corrected chi connectivity index (χ2v) is 1.40. The topological polar surface area (TPSA) is 117 Å². The molecule has 0 amide bonds. The van der Waals surface area contributed by atoms with Gasteiger partial charge >= 0.3 is 12.0 Å².